The van der Waals surface area contributed by atoms with Crippen LogP contribution in [0.25, 0.3) is 0 Å². The summed E-state index contributed by atoms with van der Waals surface area (Å²) in [6.07, 6.45) is 0.241. The van der Waals surface area contributed by atoms with Gasteiger partial charge >= 0.3 is 0 Å². The molecule has 18 heavy (non-hydrogen) atoms. The van der Waals surface area contributed by atoms with Gasteiger partial charge in [0.25, 0.3) is 0 Å². The summed E-state index contributed by atoms with van der Waals surface area (Å²) in [5, 5.41) is 0. The third kappa shape index (κ3) is 2.72. The minimum absolute atomic E-state index is 0.00104. The van der Waals surface area contributed by atoms with E-state index >= 15 is 0 Å². The summed E-state index contributed by atoms with van der Waals surface area (Å²) in [6, 6.07) is 5.96. The van der Waals surface area contributed by atoms with Crippen molar-refractivity contribution in [3.63, 3.8) is 0 Å². The molecule has 2 N–H and O–H groups in total. The number of amides is 2. The first-order valence-electron chi connectivity index (χ1n) is 5.79. The van der Waals surface area contributed by atoms with Gasteiger partial charge in [-0.15, -0.1) is 0 Å². The molecule has 1 aromatic carbocycles. The van der Waals surface area contributed by atoms with Crippen molar-refractivity contribution in [2.45, 2.75) is 19.9 Å². The van der Waals surface area contributed by atoms with Crippen molar-refractivity contribution in [2.75, 3.05) is 6.54 Å². The van der Waals surface area contributed by atoms with Gasteiger partial charge in [0.15, 0.2) is 0 Å². The number of carbonyl (C=O) groups excluding carboxylic acids is 2. The zero-order chi connectivity index (χ0) is 13.3. The van der Waals surface area contributed by atoms with E-state index in [9.17, 15) is 9.59 Å². The maximum absolute atomic E-state index is 11.8. The number of rotatable bonds is 3. The molecule has 1 atom stereocenters. The largest absolute Gasteiger partial charge is 0.369 e. The molecule has 1 heterocycles. The first-order valence-corrected chi connectivity index (χ1v) is 6.59. The van der Waals surface area contributed by atoms with Gasteiger partial charge < -0.3 is 10.6 Å². The summed E-state index contributed by atoms with van der Waals surface area (Å²) >= 11 is 3.41. The average molecular weight is 311 g/mol. The Labute approximate surface area is 114 Å². The number of nitrogens with zero attached hydrogens (tertiary/aromatic N) is 1. The van der Waals surface area contributed by atoms with Crippen LogP contribution < -0.4 is 5.73 Å². The molecule has 4 nitrogen and oxygen atoms in total. The fourth-order valence-electron chi connectivity index (χ4n) is 2.16. The molecule has 1 fully saturated rings. The second-order valence-electron chi connectivity index (χ2n) is 4.65. The molecule has 1 saturated heterocycles. The highest BCUT2D eigenvalue weighted by Crippen LogP contribution is 2.22. The minimum atomic E-state index is -0.390. The van der Waals surface area contributed by atoms with Gasteiger partial charge in [-0.05, 0) is 30.2 Å². The van der Waals surface area contributed by atoms with Crippen molar-refractivity contribution in [2.24, 2.45) is 11.7 Å². The van der Waals surface area contributed by atoms with E-state index < -0.39 is 5.91 Å². The molecular formula is C13H15BrN2O2. The lowest BCUT2D eigenvalue weighted by atomic mass is 10.1. The summed E-state index contributed by atoms with van der Waals surface area (Å²) in [6.45, 7) is 2.98. The van der Waals surface area contributed by atoms with Crippen molar-refractivity contribution < 1.29 is 9.59 Å². The second kappa shape index (κ2) is 5.10. The number of halogens is 1. The minimum Gasteiger partial charge on any atom is -0.369 e. The normalized spacial score (nSPS) is 19.3. The number of primary amides is 1. The van der Waals surface area contributed by atoms with Gasteiger partial charge in [0, 0.05) is 24.0 Å². The van der Waals surface area contributed by atoms with E-state index in [0.717, 1.165) is 15.6 Å². The van der Waals surface area contributed by atoms with Crippen LogP contribution in [0.3, 0.4) is 0 Å². The summed E-state index contributed by atoms with van der Waals surface area (Å²) < 4.78 is 1.02. The Bertz CT molecular complexity index is 502. The molecule has 1 aromatic rings. The number of benzene rings is 1. The van der Waals surface area contributed by atoms with Crippen molar-refractivity contribution in [1.82, 2.24) is 4.90 Å². The highest BCUT2D eigenvalue weighted by Gasteiger charge is 2.32. The Balaban J connectivity index is 2.10. The maximum atomic E-state index is 11.8. The van der Waals surface area contributed by atoms with Crippen LogP contribution in [0.1, 0.15) is 17.5 Å². The van der Waals surface area contributed by atoms with Crippen LogP contribution in [0, 0.1) is 12.8 Å². The van der Waals surface area contributed by atoms with E-state index in [1.165, 1.54) is 0 Å². The lowest BCUT2D eigenvalue weighted by Gasteiger charge is -2.17. The number of likely N-dealkylation sites (tertiary alicyclic amines) is 1. The number of aryl methyl sites for hydroxylation is 1. The van der Waals surface area contributed by atoms with Crippen molar-refractivity contribution in [3.8, 4) is 0 Å². The zero-order valence-corrected chi connectivity index (χ0v) is 11.7. The van der Waals surface area contributed by atoms with Crippen LogP contribution in [-0.2, 0) is 16.1 Å². The zero-order valence-electron chi connectivity index (χ0n) is 10.1. The Morgan fingerprint density at radius 1 is 1.56 bits per heavy atom. The maximum Gasteiger partial charge on any atom is 0.223 e. The summed E-state index contributed by atoms with van der Waals surface area (Å²) in [4.78, 5) is 24.6. The van der Waals surface area contributed by atoms with Crippen molar-refractivity contribution in [1.29, 1.82) is 0 Å². The summed E-state index contributed by atoms with van der Waals surface area (Å²) in [5.41, 5.74) is 7.46. The van der Waals surface area contributed by atoms with Crippen LogP contribution in [0.2, 0.25) is 0 Å². The predicted molar refractivity (Wildman–Crippen MR) is 71.6 cm³/mol. The van der Waals surface area contributed by atoms with Gasteiger partial charge in [0.05, 0.1) is 5.92 Å². The molecule has 2 rings (SSSR count). The predicted octanol–water partition coefficient (Wildman–Crippen LogP) is 1.59. The van der Waals surface area contributed by atoms with E-state index in [1.807, 2.05) is 25.1 Å². The third-order valence-corrected chi connectivity index (χ3v) is 3.78. The lowest BCUT2D eigenvalue weighted by molar-refractivity contribution is -0.128. The van der Waals surface area contributed by atoms with Gasteiger partial charge in [-0.2, -0.15) is 0 Å². The highest BCUT2D eigenvalue weighted by molar-refractivity contribution is 9.10. The monoisotopic (exact) mass is 310 g/mol. The van der Waals surface area contributed by atoms with Crippen molar-refractivity contribution >= 4 is 27.7 Å². The van der Waals surface area contributed by atoms with Gasteiger partial charge in [-0.25, -0.2) is 0 Å². The standard InChI is InChI=1S/C13H15BrN2O2/c1-8-4-11(14)3-2-9(8)6-16-7-10(13(15)18)5-12(16)17/h2-4,10H,5-7H2,1H3,(H2,15,18). The smallest absolute Gasteiger partial charge is 0.223 e. The molecule has 1 aliphatic heterocycles. The molecule has 0 aliphatic carbocycles. The Hall–Kier alpha value is -1.36. The first kappa shape index (κ1) is 13.1. The molecule has 0 aromatic heterocycles. The molecule has 2 amide bonds. The SMILES string of the molecule is Cc1cc(Br)ccc1CN1CC(C(N)=O)CC1=O. The van der Waals surface area contributed by atoms with Crippen molar-refractivity contribution in [3.05, 3.63) is 33.8 Å². The molecule has 5 heteroatoms. The van der Waals surface area contributed by atoms with Crippen LogP contribution in [-0.4, -0.2) is 23.3 Å². The van der Waals surface area contributed by atoms with Crippen LogP contribution in [0.15, 0.2) is 22.7 Å². The summed E-state index contributed by atoms with van der Waals surface area (Å²) in [5.74, 6) is -0.729. The molecule has 0 radical (unpaired) electrons. The molecule has 0 saturated carbocycles. The number of nitrogens with two attached hydrogens (primary N) is 1. The van der Waals surface area contributed by atoms with E-state index in [0.29, 0.717) is 13.1 Å². The second-order valence-corrected chi connectivity index (χ2v) is 5.56. The van der Waals surface area contributed by atoms with Crippen LogP contribution in [0.4, 0.5) is 0 Å². The number of carbonyl (C=O) groups is 2. The molecule has 96 valence electrons. The van der Waals surface area contributed by atoms with Gasteiger partial charge in [-0.3, -0.25) is 9.59 Å². The molecule has 1 unspecified atom stereocenters. The van der Waals surface area contributed by atoms with Gasteiger partial charge in [0.1, 0.15) is 0 Å². The fourth-order valence-corrected chi connectivity index (χ4v) is 2.63. The van der Waals surface area contributed by atoms with E-state index in [2.05, 4.69) is 15.9 Å². The van der Waals surface area contributed by atoms with E-state index in [-0.39, 0.29) is 18.2 Å². The van der Waals surface area contributed by atoms with Crippen LogP contribution in [0.5, 0.6) is 0 Å². The number of hydrogen-bond donors (Lipinski definition) is 1. The highest BCUT2D eigenvalue weighted by atomic mass is 79.9. The van der Waals surface area contributed by atoms with E-state index in [1.54, 1.807) is 4.90 Å². The summed E-state index contributed by atoms with van der Waals surface area (Å²) in [7, 11) is 0. The Kier molecular flexibility index (Phi) is 3.71. The quantitative estimate of drug-likeness (QED) is 0.921. The lowest BCUT2D eigenvalue weighted by Crippen LogP contribution is -2.28. The molecule has 0 spiro atoms. The molecule has 1 aliphatic rings. The van der Waals surface area contributed by atoms with Gasteiger partial charge in [-0.1, -0.05) is 22.0 Å². The Morgan fingerprint density at radius 3 is 2.83 bits per heavy atom. The molecule has 0 bridgehead atoms. The van der Waals surface area contributed by atoms with E-state index in [4.69, 9.17) is 5.73 Å². The third-order valence-electron chi connectivity index (χ3n) is 3.28. The Morgan fingerprint density at radius 2 is 2.28 bits per heavy atom. The fraction of sp³-hybridized carbons (Fsp3) is 0.385. The topological polar surface area (TPSA) is 63.4 Å². The van der Waals surface area contributed by atoms with Gasteiger partial charge in [0.2, 0.25) is 11.8 Å². The molecular weight excluding hydrogens is 296 g/mol. The number of hydrogen-bond acceptors (Lipinski definition) is 2. The average Bonchev–Trinajstić information content (AvgIpc) is 2.64. The first-order chi connectivity index (χ1) is 8.47. The van der Waals surface area contributed by atoms with Crippen LogP contribution >= 0.6 is 15.9 Å².